The molecule has 0 saturated carbocycles. The Kier molecular flexibility index (Phi) is 7.05. The maximum atomic E-state index is 13.1. The van der Waals surface area contributed by atoms with Gasteiger partial charge in [0.25, 0.3) is 5.56 Å². The standard InChI is InChI=1S/C22H32N2O3/c1-7-10-23(13-15(2)3)21(25)14-24-20-12-18(27-6)9-8-17(20)11-19(16(4)5)22(24)26/h8-9,11-12,15-16H,7,10,13-14H2,1-6H3. The summed E-state index contributed by atoms with van der Waals surface area (Å²) in [5.41, 5.74) is 1.37. The van der Waals surface area contributed by atoms with Gasteiger partial charge in [0.1, 0.15) is 12.3 Å². The second kappa shape index (κ2) is 9.07. The summed E-state index contributed by atoms with van der Waals surface area (Å²) in [4.78, 5) is 28.0. The quantitative estimate of drug-likeness (QED) is 0.703. The molecule has 0 atom stereocenters. The molecule has 0 spiro atoms. The fraction of sp³-hybridized carbons (Fsp3) is 0.545. The summed E-state index contributed by atoms with van der Waals surface area (Å²) in [6.45, 7) is 11.7. The van der Waals surface area contributed by atoms with E-state index in [9.17, 15) is 9.59 Å². The Morgan fingerprint density at radius 3 is 2.44 bits per heavy atom. The average molecular weight is 373 g/mol. The summed E-state index contributed by atoms with van der Waals surface area (Å²) in [6.07, 6.45) is 0.897. The summed E-state index contributed by atoms with van der Waals surface area (Å²) in [5, 5.41) is 0.942. The molecule has 0 fully saturated rings. The van der Waals surface area contributed by atoms with Crippen molar-refractivity contribution in [3.05, 3.63) is 40.2 Å². The van der Waals surface area contributed by atoms with Crippen molar-refractivity contribution in [1.82, 2.24) is 9.47 Å². The zero-order chi connectivity index (χ0) is 20.1. The number of pyridine rings is 1. The molecule has 0 radical (unpaired) electrons. The molecule has 0 saturated heterocycles. The molecule has 148 valence electrons. The van der Waals surface area contributed by atoms with Gasteiger partial charge in [-0.3, -0.25) is 14.2 Å². The Morgan fingerprint density at radius 1 is 1.19 bits per heavy atom. The highest BCUT2D eigenvalue weighted by atomic mass is 16.5. The van der Waals surface area contributed by atoms with Gasteiger partial charge in [0, 0.05) is 24.7 Å². The Labute approximate surface area is 161 Å². The van der Waals surface area contributed by atoms with Crippen LogP contribution in [0.15, 0.2) is 29.1 Å². The topological polar surface area (TPSA) is 51.5 Å². The molecule has 2 rings (SSSR count). The normalized spacial score (nSPS) is 11.4. The SMILES string of the molecule is CCCN(CC(C)C)C(=O)Cn1c(=O)c(C(C)C)cc2ccc(OC)cc21. The van der Waals surface area contributed by atoms with E-state index in [1.807, 2.05) is 43.0 Å². The number of nitrogens with zero attached hydrogens (tertiary/aromatic N) is 2. The van der Waals surface area contributed by atoms with E-state index in [-0.39, 0.29) is 23.9 Å². The number of rotatable bonds is 8. The molecule has 1 aromatic carbocycles. The fourth-order valence-electron chi connectivity index (χ4n) is 3.34. The lowest BCUT2D eigenvalue weighted by Gasteiger charge is -2.25. The minimum absolute atomic E-state index is 0.0160. The second-order valence-electron chi connectivity index (χ2n) is 7.80. The van der Waals surface area contributed by atoms with E-state index in [0.29, 0.717) is 24.8 Å². The van der Waals surface area contributed by atoms with Gasteiger partial charge in [-0.05, 0) is 41.8 Å². The third-order valence-electron chi connectivity index (χ3n) is 4.68. The summed E-state index contributed by atoms with van der Waals surface area (Å²) >= 11 is 0. The first-order chi connectivity index (χ1) is 12.8. The van der Waals surface area contributed by atoms with Crippen LogP contribution in [0.25, 0.3) is 10.9 Å². The maximum absolute atomic E-state index is 13.1. The van der Waals surface area contributed by atoms with Crippen LogP contribution >= 0.6 is 0 Å². The van der Waals surface area contributed by atoms with E-state index in [0.717, 1.165) is 22.9 Å². The molecular weight excluding hydrogens is 340 g/mol. The monoisotopic (exact) mass is 372 g/mol. The van der Waals surface area contributed by atoms with Gasteiger partial charge in [-0.15, -0.1) is 0 Å². The molecule has 0 aliphatic rings. The van der Waals surface area contributed by atoms with Crippen molar-refractivity contribution in [2.24, 2.45) is 5.92 Å². The van der Waals surface area contributed by atoms with Crippen LogP contribution < -0.4 is 10.3 Å². The van der Waals surface area contributed by atoms with Gasteiger partial charge in [0.05, 0.1) is 12.6 Å². The number of fused-ring (bicyclic) bond motifs is 1. The minimum atomic E-state index is -0.0971. The van der Waals surface area contributed by atoms with Crippen molar-refractivity contribution >= 4 is 16.8 Å². The first kappa shape index (κ1) is 21.0. The number of benzene rings is 1. The van der Waals surface area contributed by atoms with Crippen LogP contribution in [0.1, 0.15) is 52.5 Å². The van der Waals surface area contributed by atoms with Gasteiger partial charge >= 0.3 is 0 Å². The Morgan fingerprint density at radius 2 is 1.89 bits per heavy atom. The number of amides is 1. The Bertz CT molecular complexity index is 852. The van der Waals surface area contributed by atoms with Crippen LogP contribution in [-0.4, -0.2) is 35.6 Å². The van der Waals surface area contributed by atoms with Crippen molar-refractivity contribution < 1.29 is 9.53 Å². The molecule has 2 aromatic rings. The third-order valence-corrected chi connectivity index (χ3v) is 4.68. The molecule has 0 aliphatic carbocycles. The molecule has 27 heavy (non-hydrogen) atoms. The zero-order valence-corrected chi connectivity index (χ0v) is 17.4. The smallest absolute Gasteiger partial charge is 0.254 e. The number of carbonyl (C=O) groups excluding carboxylic acids is 1. The summed E-state index contributed by atoms with van der Waals surface area (Å²) < 4.78 is 6.94. The van der Waals surface area contributed by atoms with Gasteiger partial charge in [-0.1, -0.05) is 34.6 Å². The lowest BCUT2D eigenvalue weighted by Crippen LogP contribution is -2.39. The summed E-state index contributed by atoms with van der Waals surface area (Å²) in [7, 11) is 1.60. The highest BCUT2D eigenvalue weighted by molar-refractivity contribution is 5.84. The largest absolute Gasteiger partial charge is 0.497 e. The number of aromatic nitrogens is 1. The fourth-order valence-corrected chi connectivity index (χ4v) is 3.34. The van der Waals surface area contributed by atoms with Crippen LogP contribution in [0, 0.1) is 5.92 Å². The first-order valence-electron chi connectivity index (χ1n) is 9.77. The van der Waals surface area contributed by atoms with Crippen molar-refractivity contribution in [3.8, 4) is 5.75 Å². The lowest BCUT2D eigenvalue weighted by molar-refractivity contribution is -0.132. The number of hydrogen-bond acceptors (Lipinski definition) is 3. The molecule has 0 N–H and O–H groups in total. The predicted molar refractivity (Wildman–Crippen MR) is 111 cm³/mol. The van der Waals surface area contributed by atoms with Crippen LogP contribution in [0.3, 0.4) is 0 Å². The molecule has 0 bridgehead atoms. The Balaban J connectivity index is 2.55. The molecule has 1 heterocycles. The molecular formula is C22H32N2O3. The second-order valence-corrected chi connectivity index (χ2v) is 7.80. The van der Waals surface area contributed by atoms with Crippen LogP contribution in [0.5, 0.6) is 5.75 Å². The van der Waals surface area contributed by atoms with Crippen LogP contribution in [0.4, 0.5) is 0 Å². The number of ether oxygens (including phenoxy) is 1. The van der Waals surface area contributed by atoms with E-state index in [2.05, 4.69) is 20.8 Å². The van der Waals surface area contributed by atoms with Gasteiger partial charge in [0.15, 0.2) is 0 Å². The number of hydrogen-bond donors (Lipinski definition) is 0. The van der Waals surface area contributed by atoms with Crippen molar-refractivity contribution in [1.29, 1.82) is 0 Å². The molecule has 0 aliphatic heterocycles. The zero-order valence-electron chi connectivity index (χ0n) is 17.4. The van der Waals surface area contributed by atoms with E-state index < -0.39 is 0 Å². The highest BCUT2D eigenvalue weighted by Gasteiger charge is 2.19. The van der Waals surface area contributed by atoms with Gasteiger partial charge in [-0.2, -0.15) is 0 Å². The molecule has 0 unspecified atom stereocenters. The van der Waals surface area contributed by atoms with Gasteiger partial charge < -0.3 is 9.64 Å². The first-order valence-corrected chi connectivity index (χ1v) is 9.77. The average Bonchev–Trinajstić information content (AvgIpc) is 2.62. The van der Waals surface area contributed by atoms with Crippen LogP contribution in [0.2, 0.25) is 0 Å². The van der Waals surface area contributed by atoms with Gasteiger partial charge in [-0.25, -0.2) is 0 Å². The summed E-state index contributed by atoms with van der Waals surface area (Å²) in [6, 6.07) is 7.59. The van der Waals surface area contributed by atoms with Crippen molar-refractivity contribution in [2.75, 3.05) is 20.2 Å². The predicted octanol–water partition coefficient (Wildman–Crippen LogP) is 4.03. The number of carbonyl (C=O) groups is 1. The molecule has 5 nitrogen and oxygen atoms in total. The van der Waals surface area contributed by atoms with E-state index in [4.69, 9.17) is 4.74 Å². The van der Waals surface area contributed by atoms with Crippen molar-refractivity contribution in [2.45, 2.75) is 53.5 Å². The Hall–Kier alpha value is -2.30. The molecule has 1 aromatic heterocycles. The highest BCUT2D eigenvalue weighted by Crippen LogP contribution is 2.23. The lowest BCUT2D eigenvalue weighted by atomic mass is 10.0. The minimum Gasteiger partial charge on any atom is -0.497 e. The summed E-state index contributed by atoms with van der Waals surface area (Å²) in [5.74, 6) is 1.13. The number of methoxy groups -OCH3 is 1. The third kappa shape index (κ3) is 4.90. The van der Waals surface area contributed by atoms with Crippen molar-refractivity contribution in [3.63, 3.8) is 0 Å². The van der Waals surface area contributed by atoms with Gasteiger partial charge in [0.2, 0.25) is 5.91 Å². The van der Waals surface area contributed by atoms with E-state index >= 15 is 0 Å². The van der Waals surface area contributed by atoms with Crippen LogP contribution in [-0.2, 0) is 11.3 Å². The maximum Gasteiger partial charge on any atom is 0.254 e. The molecule has 1 amide bonds. The van der Waals surface area contributed by atoms with E-state index in [1.54, 1.807) is 11.7 Å². The molecule has 5 heteroatoms. The van der Waals surface area contributed by atoms with E-state index in [1.165, 1.54) is 0 Å².